The number of nitrogens with zero attached hydrogens (tertiary/aromatic N) is 3. The number of ether oxygens (including phenoxy) is 1. The first-order valence-corrected chi connectivity index (χ1v) is 11.8. The SMILES string of the molecule is COc1ccc(CN2C(=S)NC(c3ccccc3)C(c3nc(-c4cccs4)no3)=C2C)cc1. The van der Waals surface area contributed by atoms with E-state index in [2.05, 4.69) is 34.4 Å². The summed E-state index contributed by atoms with van der Waals surface area (Å²) in [5.41, 5.74) is 4.08. The topological polar surface area (TPSA) is 63.4 Å². The highest BCUT2D eigenvalue weighted by Gasteiger charge is 2.34. The lowest BCUT2D eigenvalue weighted by molar-refractivity contribution is 0.396. The van der Waals surface area contributed by atoms with Crippen LogP contribution in [-0.2, 0) is 6.54 Å². The monoisotopic (exact) mass is 474 g/mol. The molecule has 0 saturated heterocycles. The molecule has 0 fully saturated rings. The van der Waals surface area contributed by atoms with Crippen molar-refractivity contribution in [2.75, 3.05) is 7.11 Å². The molecular weight excluding hydrogens is 452 g/mol. The number of hydrogen-bond donors (Lipinski definition) is 1. The fourth-order valence-corrected chi connectivity index (χ4v) is 4.87. The predicted molar refractivity (Wildman–Crippen MR) is 134 cm³/mol. The zero-order valence-corrected chi connectivity index (χ0v) is 19.8. The molecule has 0 saturated carbocycles. The lowest BCUT2D eigenvalue weighted by Gasteiger charge is -2.37. The van der Waals surface area contributed by atoms with E-state index in [9.17, 15) is 0 Å². The first-order chi connectivity index (χ1) is 16.1. The first kappa shape index (κ1) is 21.4. The van der Waals surface area contributed by atoms with E-state index in [0.29, 0.717) is 23.4 Å². The van der Waals surface area contributed by atoms with Crippen molar-refractivity contribution < 1.29 is 9.26 Å². The van der Waals surface area contributed by atoms with Crippen molar-refractivity contribution in [3.8, 4) is 16.5 Å². The van der Waals surface area contributed by atoms with Gasteiger partial charge in [0.25, 0.3) is 5.89 Å². The minimum atomic E-state index is -0.192. The maximum atomic E-state index is 5.79. The number of rotatable bonds is 6. The van der Waals surface area contributed by atoms with Crippen LogP contribution in [0.3, 0.4) is 0 Å². The highest BCUT2D eigenvalue weighted by Crippen LogP contribution is 2.38. The number of allylic oxidation sites excluding steroid dienone is 1. The Hall–Kier alpha value is -3.49. The maximum absolute atomic E-state index is 5.79. The molecule has 33 heavy (non-hydrogen) atoms. The summed E-state index contributed by atoms with van der Waals surface area (Å²) in [4.78, 5) is 7.78. The molecule has 2 aromatic carbocycles. The van der Waals surface area contributed by atoms with Gasteiger partial charge in [0.1, 0.15) is 5.75 Å². The Kier molecular flexibility index (Phi) is 5.93. The van der Waals surface area contributed by atoms with Gasteiger partial charge in [0.05, 0.1) is 23.6 Å². The number of thiocarbonyl (C=S) groups is 1. The Balaban J connectivity index is 1.56. The van der Waals surface area contributed by atoms with Gasteiger partial charge in [-0.15, -0.1) is 11.3 Å². The molecule has 5 rings (SSSR count). The van der Waals surface area contributed by atoms with E-state index >= 15 is 0 Å². The predicted octanol–water partition coefficient (Wildman–Crippen LogP) is 5.67. The summed E-state index contributed by atoms with van der Waals surface area (Å²) in [6.45, 7) is 2.66. The average molecular weight is 475 g/mol. The maximum Gasteiger partial charge on any atom is 0.258 e. The zero-order chi connectivity index (χ0) is 22.8. The third-order valence-corrected chi connectivity index (χ3v) is 6.83. The molecule has 1 unspecified atom stereocenters. The van der Waals surface area contributed by atoms with Crippen LogP contribution in [0.1, 0.15) is 30.0 Å². The summed E-state index contributed by atoms with van der Waals surface area (Å²) in [5, 5.41) is 10.4. The van der Waals surface area contributed by atoms with Crippen molar-refractivity contribution in [3.63, 3.8) is 0 Å². The van der Waals surface area contributed by atoms with Gasteiger partial charge in [-0.25, -0.2) is 0 Å². The van der Waals surface area contributed by atoms with Crippen molar-refractivity contribution in [2.45, 2.75) is 19.5 Å². The summed E-state index contributed by atoms with van der Waals surface area (Å²) in [5.74, 6) is 1.89. The van der Waals surface area contributed by atoms with Crippen LogP contribution in [0.25, 0.3) is 16.3 Å². The lowest BCUT2D eigenvalue weighted by atomic mass is 9.94. The molecule has 0 bridgehead atoms. The summed E-state index contributed by atoms with van der Waals surface area (Å²) in [6.07, 6.45) is 0. The molecule has 3 heterocycles. The normalized spacial score (nSPS) is 16.1. The number of methoxy groups -OCH3 is 1. The number of aromatic nitrogens is 2. The third kappa shape index (κ3) is 4.27. The zero-order valence-electron chi connectivity index (χ0n) is 18.2. The number of nitrogens with one attached hydrogen (secondary N) is 1. The number of benzene rings is 2. The average Bonchev–Trinajstić information content (AvgIpc) is 3.55. The van der Waals surface area contributed by atoms with Gasteiger partial charge in [-0.3, -0.25) is 0 Å². The minimum absolute atomic E-state index is 0.192. The molecule has 2 aromatic heterocycles. The van der Waals surface area contributed by atoms with Gasteiger partial charge in [0.2, 0.25) is 5.82 Å². The summed E-state index contributed by atoms with van der Waals surface area (Å²) in [7, 11) is 1.66. The van der Waals surface area contributed by atoms with Gasteiger partial charge >= 0.3 is 0 Å². The highest BCUT2D eigenvalue weighted by atomic mass is 32.1. The van der Waals surface area contributed by atoms with E-state index in [4.69, 9.17) is 26.5 Å². The second-order valence-corrected chi connectivity index (χ2v) is 8.96. The van der Waals surface area contributed by atoms with Crippen LogP contribution in [-0.4, -0.2) is 27.3 Å². The van der Waals surface area contributed by atoms with Crippen LogP contribution in [0.4, 0.5) is 0 Å². The fourth-order valence-electron chi connectivity index (χ4n) is 3.90. The van der Waals surface area contributed by atoms with Gasteiger partial charge < -0.3 is 19.5 Å². The molecule has 166 valence electrons. The molecule has 0 amide bonds. The van der Waals surface area contributed by atoms with Crippen LogP contribution in [0.5, 0.6) is 5.75 Å². The smallest absolute Gasteiger partial charge is 0.258 e. The second kappa shape index (κ2) is 9.17. The van der Waals surface area contributed by atoms with Crippen molar-refractivity contribution >= 4 is 34.2 Å². The third-order valence-electron chi connectivity index (χ3n) is 5.63. The molecule has 8 heteroatoms. The van der Waals surface area contributed by atoms with Gasteiger partial charge in [-0.1, -0.05) is 53.7 Å². The standard InChI is InChI=1S/C25H22N4O2S2/c1-16-21(24-27-23(28-31-24)20-9-6-14-33-20)22(18-7-4-3-5-8-18)26-25(32)29(16)15-17-10-12-19(30-2)13-11-17/h3-14,22H,15H2,1-2H3,(H,26,32). The van der Waals surface area contributed by atoms with E-state index < -0.39 is 0 Å². The summed E-state index contributed by atoms with van der Waals surface area (Å²) >= 11 is 7.37. The summed E-state index contributed by atoms with van der Waals surface area (Å²) in [6, 6.07) is 21.9. The van der Waals surface area contributed by atoms with E-state index in [-0.39, 0.29) is 6.04 Å². The van der Waals surface area contributed by atoms with Crippen LogP contribution in [0.15, 0.2) is 82.3 Å². The van der Waals surface area contributed by atoms with Crippen molar-refractivity contribution in [3.05, 3.63) is 94.8 Å². The van der Waals surface area contributed by atoms with Gasteiger partial charge in [0, 0.05) is 12.2 Å². The molecule has 0 spiro atoms. The largest absolute Gasteiger partial charge is 0.497 e. The van der Waals surface area contributed by atoms with Crippen LogP contribution >= 0.6 is 23.6 Å². The van der Waals surface area contributed by atoms with Gasteiger partial charge in [-0.2, -0.15) is 4.98 Å². The molecule has 1 atom stereocenters. The Morgan fingerprint density at radius 2 is 1.88 bits per heavy atom. The first-order valence-electron chi connectivity index (χ1n) is 10.5. The summed E-state index contributed by atoms with van der Waals surface area (Å²) < 4.78 is 11.1. The Morgan fingerprint density at radius 1 is 1.09 bits per heavy atom. The highest BCUT2D eigenvalue weighted by molar-refractivity contribution is 7.80. The Labute approximate surface area is 201 Å². The molecule has 6 nitrogen and oxygen atoms in total. The minimum Gasteiger partial charge on any atom is -0.497 e. The Morgan fingerprint density at radius 3 is 2.58 bits per heavy atom. The van der Waals surface area contributed by atoms with Crippen molar-refractivity contribution in [2.24, 2.45) is 0 Å². The van der Waals surface area contributed by atoms with E-state index in [1.165, 1.54) is 0 Å². The van der Waals surface area contributed by atoms with Crippen LogP contribution < -0.4 is 10.1 Å². The Bertz CT molecular complexity index is 1280. The molecule has 1 aliphatic rings. The molecule has 1 N–H and O–H groups in total. The van der Waals surface area contributed by atoms with E-state index in [0.717, 1.165) is 33.0 Å². The lowest BCUT2D eigenvalue weighted by Crippen LogP contribution is -2.45. The van der Waals surface area contributed by atoms with Gasteiger partial charge in [-0.05, 0) is 53.8 Å². The second-order valence-electron chi connectivity index (χ2n) is 7.63. The van der Waals surface area contributed by atoms with Crippen molar-refractivity contribution in [1.82, 2.24) is 20.4 Å². The van der Waals surface area contributed by atoms with Crippen LogP contribution in [0.2, 0.25) is 0 Å². The molecule has 4 aromatic rings. The number of thiophene rings is 1. The van der Waals surface area contributed by atoms with E-state index in [1.54, 1.807) is 18.4 Å². The number of hydrogen-bond acceptors (Lipinski definition) is 6. The van der Waals surface area contributed by atoms with Crippen molar-refractivity contribution in [1.29, 1.82) is 0 Å². The molecule has 1 aliphatic heterocycles. The quantitative estimate of drug-likeness (QED) is 0.361. The molecule has 0 aliphatic carbocycles. The van der Waals surface area contributed by atoms with Crippen LogP contribution in [0, 0.1) is 0 Å². The van der Waals surface area contributed by atoms with E-state index in [1.807, 2.05) is 60.0 Å². The fraction of sp³-hybridized carbons (Fsp3) is 0.160. The molecule has 0 radical (unpaired) electrons. The molecular formula is C25H22N4O2S2. The van der Waals surface area contributed by atoms with Gasteiger partial charge in [0.15, 0.2) is 5.11 Å².